The Balaban J connectivity index is 1.07. The van der Waals surface area contributed by atoms with Crippen LogP contribution in [0.2, 0.25) is 0 Å². The predicted octanol–water partition coefficient (Wildman–Crippen LogP) is 1.46. The van der Waals surface area contributed by atoms with E-state index in [0.717, 1.165) is 50.2 Å². The van der Waals surface area contributed by atoms with Crippen LogP contribution in [0.4, 0.5) is 0 Å². The molecule has 0 radical (unpaired) electrons. The number of aliphatic hydroxyl groups is 3. The van der Waals surface area contributed by atoms with Gasteiger partial charge >= 0.3 is 0 Å². The lowest BCUT2D eigenvalue weighted by atomic mass is 9.50. The van der Waals surface area contributed by atoms with Crippen molar-refractivity contribution in [2.24, 2.45) is 23.2 Å². The summed E-state index contributed by atoms with van der Waals surface area (Å²) in [6.45, 7) is 2.49. The molecule has 5 rings (SSSR count). The average molecular weight is 398 g/mol. The van der Waals surface area contributed by atoms with E-state index in [1.807, 2.05) is 0 Å². The van der Waals surface area contributed by atoms with Crippen LogP contribution in [0.3, 0.4) is 0 Å². The number of hydrogen-bond donors (Lipinski definition) is 4. The van der Waals surface area contributed by atoms with Crippen molar-refractivity contribution in [1.82, 2.24) is 5.32 Å². The zero-order valence-corrected chi connectivity index (χ0v) is 17.1. The Hall–Kier alpha value is -0.240. The lowest BCUT2D eigenvalue weighted by molar-refractivity contribution is -0.133. The summed E-state index contributed by atoms with van der Waals surface area (Å²) in [4.78, 5) is 0. The predicted molar refractivity (Wildman–Crippen MR) is 106 cm³/mol. The van der Waals surface area contributed by atoms with Gasteiger partial charge in [-0.3, -0.25) is 0 Å². The maximum absolute atomic E-state index is 10.2. The first-order valence-corrected chi connectivity index (χ1v) is 11.5. The molecule has 4 atom stereocenters. The third-order valence-corrected chi connectivity index (χ3v) is 7.73. The third kappa shape index (κ3) is 4.73. The number of nitrogens with one attached hydrogen (secondary N) is 1. The second-order valence-corrected chi connectivity index (χ2v) is 10.1. The average Bonchev–Trinajstić information content (AvgIpc) is 2.65. The molecule has 0 unspecified atom stereocenters. The zero-order chi connectivity index (χ0) is 19.6. The number of piperidine rings is 1. The fourth-order valence-electron chi connectivity index (χ4n) is 6.81. The standard InChI is InChI=1S/C22H39NO5/c24-13-18-20(26)21(19(25)12-23-18)28-5-3-1-2-4-27-14-22-9-15-6-16(10-22)8-17(7-15)11-22/h15-21,23-26H,1-14H2/t15?,16?,17?,18-,19+,20-,21-,22?/m1/s1. The summed E-state index contributed by atoms with van der Waals surface area (Å²) in [6.07, 6.45) is 9.40. The van der Waals surface area contributed by atoms with Crippen LogP contribution >= 0.6 is 0 Å². The smallest absolute Gasteiger partial charge is 0.112 e. The van der Waals surface area contributed by atoms with Gasteiger partial charge in [0.15, 0.2) is 0 Å². The van der Waals surface area contributed by atoms with Crippen molar-refractivity contribution in [2.45, 2.75) is 82.1 Å². The van der Waals surface area contributed by atoms with Crippen LogP contribution in [-0.2, 0) is 9.47 Å². The highest BCUT2D eigenvalue weighted by Gasteiger charge is 2.50. The zero-order valence-electron chi connectivity index (χ0n) is 17.1. The number of unbranched alkanes of at least 4 members (excludes halogenated alkanes) is 2. The molecule has 5 fully saturated rings. The van der Waals surface area contributed by atoms with Crippen molar-refractivity contribution in [3.05, 3.63) is 0 Å². The highest BCUT2D eigenvalue weighted by molar-refractivity contribution is 5.01. The van der Waals surface area contributed by atoms with E-state index < -0.39 is 24.4 Å². The van der Waals surface area contributed by atoms with Crippen LogP contribution in [0.5, 0.6) is 0 Å². The lowest BCUT2D eigenvalue weighted by Gasteiger charge is -2.56. The Labute approximate surface area is 169 Å². The summed E-state index contributed by atoms with van der Waals surface area (Å²) in [5, 5.41) is 32.3. The first-order valence-electron chi connectivity index (χ1n) is 11.5. The van der Waals surface area contributed by atoms with Crippen molar-refractivity contribution in [1.29, 1.82) is 0 Å². The number of rotatable bonds is 10. The van der Waals surface area contributed by atoms with Crippen LogP contribution in [-0.4, -0.2) is 72.6 Å². The Morgan fingerprint density at radius 2 is 1.54 bits per heavy atom. The SMILES string of the molecule is OC[C@H]1NC[C@H](O)[C@@H](OCCCCCOCC23CC4CC(CC(C4)C2)C3)[C@@H]1O. The van der Waals surface area contributed by atoms with Gasteiger partial charge in [-0.1, -0.05) is 0 Å². The summed E-state index contributed by atoms with van der Waals surface area (Å²) in [5.41, 5.74) is 0.502. The minimum absolute atomic E-state index is 0.158. The van der Waals surface area contributed by atoms with E-state index in [2.05, 4.69) is 5.32 Å². The summed E-state index contributed by atoms with van der Waals surface area (Å²) < 4.78 is 11.8. The lowest BCUT2D eigenvalue weighted by Crippen LogP contribution is -2.61. The normalized spacial score (nSPS) is 44.9. The maximum Gasteiger partial charge on any atom is 0.112 e. The number of aliphatic hydroxyl groups excluding tert-OH is 3. The molecule has 0 aromatic carbocycles. The van der Waals surface area contributed by atoms with E-state index in [4.69, 9.17) is 9.47 Å². The molecule has 4 N–H and O–H groups in total. The second kappa shape index (κ2) is 9.27. The van der Waals surface area contributed by atoms with Gasteiger partial charge in [0.1, 0.15) is 12.2 Å². The molecule has 6 nitrogen and oxygen atoms in total. The Kier molecular flexibility index (Phi) is 6.96. The number of β-amino-alcohol motifs (C(OH)–C–C–N with tert-alkyl or cyclic N) is 1. The largest absolute Gasteiger partial charge is 0.395 e. The van der Waals surface area contributed by atoms with Crippen LogP contribution in [0, 0.1) is 23.2 Å². The molecule has 0 aromatic rings. The first-order chi connectivity index (χ1) is 13.6. The number of hydrogen-bond acceptors (Lipinski definition) is 6. The molecule has 0 amide bonds. The van der Waals surface area contributed by atoms with Gasteiger partial charge in [-0.2, -0.15) is 0 Å². The molecule has 28 heavy (non-hydrogen) atoms. The van der Waals surface area contributed by atoms with E-state index in [-0.39, 0.29) is 6.61 Å². The van der Waals surface area contributed by atoms with Gasteiger partial charge in [0.05, 0.1) is 25.4 Å². The summed E-state index contributed by atoms with van der Waals surface area (Å²) in [5.74, 6) is 2.95. The highest BCUT2D eigenvalue weighted by atomic mass is 16.5. The molecular weight excluding hydrogens is 358 g/mol. The number of ether oxygens (including phenoxy) is 2. The minimum Gasteiger partial charge on any atom is -0.395 e. The van der Waals surface area contributed by atoms with Crippen LogP contribution in [0.25, 0.3) is 0 Å². The summed E-state index contributed by atoms with van der Waals surface area (Å²) >= 11 is 0. The molecule has 0 spiro atoms. The van der Waals surface area contributed by atoms with Crippen molar-refractivity contribution < 1.29 is 24.8 Å². The Bertz CT molecular complexity index is 466. The molecule has 4 saturated carbocycles. The summed E-state index contributed by atoms with van der Waals surface area (Å²) in [7, 11) is 0. The fraction of sp³-hybridized carbons (Fsp3) is 1.00. The van der Waals surface area contributed by atoms with Crippen molar-refractivity contribution in [3.8, 4) is 0 Å². The van der Waals surface area contributed by atoms with Gasteiger partial charge < -0.3 is 30.1 Å². The van der Waals surface area contributed by atoms with Gasteiger partial charge in [-0.25, -0.2) is 0 Å². The molecule has 1 aliphatic heterocycles. The van der Waals surface area contributed by atoms with E-state index in [9.17, 15) is 15.3 Å². The molecule has 1 saturated heterocycles. The van der Waals surface area contributed by atoms with Crippen LogP contribution < -0.4 is 5.32 Å². The second-order valence-electron chi connectivity index (χ2n) is 10.1. The van der Waals surface area contributed by atoms with E-state index in [1.54, 1.807) is 0 Å². The Morgan fingerprint density at radius 1 is 0.893 bits per heavy atom. The Morgan fingerprint density at radius 3 is 2.18 bits per heavy atom. The van der Waals surface area contributed by atoms with Crippen LogP contribution in [0.15, 0.2) is 0 Å². The molecular formula is C22H39NO5. The molecule has 4 bridgehead atoms. The quantitative estimate of drug-likeness (QED) is 0.417. The van der Waals surface area contributed by atoms with Crippen molar-refractivity contribution in [2.75, 3.05) is 33.0 Å². The third-order valence-electron chi connectivity index (χ3n) is 7.73. The first kappa shape index (κ1) is 21.0. The van der Waals surface area contributed by atoms with E-state index >= 15 is 0 Å². The van der Waals surface area contributed by atoms with Gasteiger partial charge in [0.25, 0.3) is 0 Å². The fourth-order valence-corrected chi connectivity index (χ4v) is 6.81. The highest BCUT2D eigenvalue weighted by Crippen LogP contribution is 2.60. The van der Waals surface area contributed by atoms with Crippen LogP contribution in [0.1, 0.15) is 57.8 Å². The molecule has 4 aliphatic carbocycles. The van der Waals surface area contributed by atoms with Crippen molar-refractivity contribution in [3.63, 3.8) is 0 Å². The van der Waals surface area contributed by atoms with Gasteiger partial charge in [0, 0.05) is 19.8 Å². The monoisotopic (exact) mass is 397 g/mol. The molecule has 6 heteroatoms. The minimum atomic E-state index is -0.877. The molecule has 162 valence electrons. The summed E-state index contributed by atoms with van der Waals surface area (Å²) in [6, 6.07) is -0.425. The van der Waals surface area contributed by atoms with Gasteiger partial charge in [0.2, 0.25) is 0 Å². The van der Waals surface area contributed by atoms with Crippen molar-refractivity contribution >= 4 is 0 Å². The van der Waals surface area contributed by atoms with Gasteiger partial charge in [-0.05, 0) is 81.0 Å². The van der Waals surface area contributed by atoms with E-state index in [1.165, 1.54) is 38.5 Å². The maximum atomic E-state index is 10.2. The molecule has 1 heterocycles. The van der Waals surface area contributed by atoms with E-state index in [0.29, 0.717) is 18.6 Å². The molecule has 0 aromatic heterocycles. The van der Waals surface area contributed by atoms with Gasteiger partial charge in [-0.15, -0.1) is 0 Å². The molecule has 5 aliphatic rings. The topological polar surface area (TPSA) is 91.2 Å².